The van der Waals surface area contributed by atoms with Crippen LogP contribution in [0.4, 0.5) is 0 Å². The van der Waals surface area contributed by atoms with Crippen molar-refractivity contribution in [1.29, 1.82) is 0 Å². The largest absolute Gasteiger partial charge is 0.508 e. The summed E-state index contributed by atoms with van der Waals surface area (Å²) >= 11 is 0. The van der Waals surface area contributed by atoms with Gasteiger partial charge in [0.25, 0.3) is 5.91 Å². The van der Waals surface area contributed by atoms with Gasteiger partial charge in [-0.05, 0) is 31.2 Å². The Bertz CT molecular complexity index is 376. The van der Waals surface area contributed by atoms with Crippen LogP contribution in [-0.2, 0) is 0 Å². The number of carbonyl (C=O) groups is 1. The summed E-state index contributed by atoms with van der Waals surface area (Å²) < 4.78 is 0. The van der Waals surface area contributed by atoms with Gasteiger partial charge < -0.3 is 10.4 Å². The van der Waals surface area contributed by atoms with Gasteiger partial charge in [-0.15, -0.1) is 12.3 Å². The molecule has 0 aliphatic rings. The Kier molecular flexibility index (Phi) is 3.75. The predicted molar refractivity (Wildman–Crippen MR) is 58.5 cm³/mol. The van der Waals surface area contributed by atoms with Gasteiger partial charge in [0.05, 0.1) is 0 Å². The van der Waals surface area contributed by atoms with Gasteiger partial charge >= 0.3 is 0 Å². The third kappa shape index (κ3) is 3.35. The van der Waals surface area contributed by atoms with Gasteiger partial charge in [0.2, 0.25) is 0 Å². The number of amides is 1. The number of nitrogens with one attached hydrogen (secondary N) is 1. The van der Waals surface area contributed by atoms with Gasteiger partial charge in [-0.3, -0.25) is 4.79 Å². The summed E-state index contributed by atoms with van der Waals surface area (Å²) in [6.07, 6.45) is 5.63. The van der Waals surface area contributed by atoms with Crippen molar-refractivity contribution in [2.75, 3.05) is 0 Å². The monoisotopic (exact) mass is 203 g/mol. The number of hydrogen-bond donors (Lipinski definition) is 2. The Balaban J connectivity index is 2.62. The quantitative estimate of drug-likeness (QED) is 0.732. The minimum atomic E-state index is -0.183. The average molecular weight is 203 g/mol. The van der Waals surface area contributed by atoms with Crippen molar-refractivity contribution in [2.24, 2.45) is 0 Å². The lowest BCUT2D eigenvalue weighted by Crippen LogP contribution is -2.32. The highest BCUT2D eigenvalue weighted by Gasteiger charge is 2.08. The van der Waals surface area contributed by atoms with Crippen LogP contribution in [0.3, 0.4) is 0 Å². The molecule has 3 heteroatoms. The molecule has 0 aromatic heterocycles. The Morgan fingerprint density at radius 3 is 2.67 bits per heavy atom. The highest BCUT2D eigenvalue weighted by molar-refractivity contribution is 5.94. The molecule has 0 saturated heterocycles. The zero-order valence-electron chi connectivity index (χ0n) is 8.53. The zero-order chi connectivity index (χ0) is 11.3. The topological polar surface area (TPSA) is 49.3 Å². The van der Waals surface area contributed by atoms with Crippen LogP contribution < -0.4 is 5.32 Å². The van der Waals surface area contributed by atoms with E-state index in [9.17, 15) is 4.79 Å². The first kappa shape index (κ1) is 11.1. The lowest BCUT2D eigenvalue weighted by molar-refractivity contribution is 0.0941. The fourth-order valence-electron chi connectivity index (χ4n) is 1.15. The molecule has 0 saturated carbocycles. The molecule has 78 valence electrons. The number of aromatic hydroxyl groups is 1. The van der Waals surface area contributed by atoms with Gasteiger partial charge in [0.1, 0.15) is 5.75 Å². The molecule has 0 aliphatic carbocycles. The van der Waals surface area contributed by atoms with Crippen LogP contribution in [-0.4, -0.2) is 17.1 Å². The van der Waals surface area contributed by atoms with E-state index in [1.165, 1.54) is 12.1 Å². The highest BCUT2D eigenvalue weighted by Crippen LogP contribution is 2.09. The summed E-state index contributed by atoms with van der Waals surface area (Å²) in [5.41, 5.74) is 0.511. The van der Waals surface area contributed by atoms with Crippen LogP contribution in [0.1, 0.15) is 23.7 Å². The molecule has 1 aromatic carbocycles. The highest BCUT2D eigenvalue weighted by atomic mass is 16.3. The van der Waals surface area contributed by atoms with E-state index in [-0.39, 0.29) is 17.7 Å². The Morgan fingerprint density at radius 2 is 2.13 bits per heavy atom. The van der Waals surface area contributed by atoms with Crippen LogP contribution in [0.5, 0.6) is 5.75 Å². The first-order valence-electron chi connectivity index (χ1n) is 4.67. The SMILES string of the molecule is C#CCC(C)NC(=O)c1ccc(O)cc1. The molecule has 0 heterocycles. The van der Waals surface area contributed by atoms with Crippen molar-refractivity contribution >= 4 is 5.91 Å². The van der Waals surface area contributed by atoms with Gasteiger partial charge in [-0.25, -0.2) is 0 Å². The van der Waals surface area contributed by atoms with Crippen LogP contribution in [0.15, 0.2) is 24.3 Å². The third-order valence-corrected chi connectivity index (χ3v) is 1.93. The lowest BCUT2D eigenvalue weighted by atomic mass is 10.2. The van der Waals surface area contributed by atoms with E-state index in [2.05, 4.69) is 11.2 Å². The summed E-state index contributed by atoms with van der Waals surface area (Å²) in [5.74, 6) is 2.44. The van der Waals surface area contributed by atoms with E-state index in [0.717, 1.165) is 0 Å². The van der Waals surface area contributed by atoms with E-state index < -0.39 is 0 Å². The minimum absolute atomic E-state index is 0.0451. The summed E-state index contributed by atoms with van der Waals surface area (Å²) in [7, 11) is 0. The zero-order valence-corrected chi connectivity index (χ0v) is 8.53. The Morgan fingerprint density at radius 1 is 1.53 bits per heavy atom. The molecule has 3 nitrogen and oxygen atoms in total. The number of hydrogen-bond acceptors (Lipinski definition) is 2. The van der Waals surface area contributed by atoms with E-state index in [4.69, 9.17) is 11.5 Å². The molecule has 1 aromatic rings. The van der Waals surface area contributed by atoms with Crippen molar-refractivity contribution in [3.05, 3.63) is 29.8 Å². The Hall–Kier alpha value is -1.95. The van der Waals surface area contributed by atoms with Crippen molar-refractivity contribution in [1.82, 2.24) is 5.32 Å². The molecule has 1 rings (SSSR count). The number of phenolic OH excluding ortho intramolecular Hbond substituents is 1. The van der Waals surface area contributed by atoms with Crippen LogP contribution in [0.2, 0.25) is 0 Å². The summed E-state index contributed by atoms with van der Waals surface area (Å²) in [6.45, 7) is 1.85. The fraction of sp³-hybridized carbons (Fsp3) is 0.250. The molecule has 0 radical (unpaired) electrons. The lowest BCUT2D eigenvalue weighted by Gasteiger charge is -2.10. The molecule has 2 N–H and O–H groups in total. The minimum Gasteiger partial charge on any atom is -0.508 e. The molecular formula is C12H13NO2. The summed E-state index contributed by atoms with van der Waals surface area (Å²) in [5, 5.41) is 11.8. The van der Waals surface area contributed by atoms with Crippen LogP contribution in [0.25, 0.3) is 0 Å². The van der Waals surface area contributed by atoms with Gasteiger partial charge in [-0.1, -0.05) is 0 Å². The van der Waals surface area contributed by atoms with Gasteiger partial charge in [0.15, 0.2) is 0 Å². The maximum Gasteiger partial charge on any atom is 0.251 e. The smallest absolute Gasteiger partial charge is 0.251 e. The van der Waals surface area contributed by atoms with E-state index in [1.807, 2.05) is 6.92 Å². The molecule has 0 aliphatic heterocycles. The Labute approximate surface area is 89.1 Å². The maximum absolute atomic E-state index is 11.6. The second-order valence-electron chi connectivity index (χ2n) is 3.33. The number of rotatable bonds is 3. The predicted octanol–water partition coefficient (Wildman–Crippen LogP) is 1.53. The summed E-state index contributed by atoms with van der Waals surface area (Å²) in [6, 6.07) is 6.03. The number of benzene rings is 1. The molecule has 0 bridgehead atoms. The second-order valence-corrected chi connectivity index (χ2v) is 3.33. The fourth-order valence-corrected chi connectivity index (χ4v) is 1.15. The van der Waals surface area contributed by atoms with Crippen LogP contribution in [0, 0.1) is 12.3 Å². The first-order chi connectivity index (χ1) is 7.13. The van der Waals surface area contributed by atoms with E-state index in [1.54, 1.807) is 12.1 Å². The molecular weight excluding hydrogens is 190 g/mol. The van der Waals surface area contributed by atoms with Crippen LogP contribution >= 0.6 is 0 Å². The molecule has 0 spiro atoms. The van der Waals surface area contributed by atoms with Crippen molar-refractivity contribution in [3.63, 3.8) is 0 Å². The van der Waals surface area contributed by atoms with E-state index >= 15 is 0 Å². The van der Waals surface area contributed by atoms with Crippen molar-refractivity contribution in [2.45, 2.75) is 19.4 Å². The molecule has 15 heavy (non-hydrogen) atoms. The van der Waals surface area contributed by atoms with Crippen molar-refractivity contribution < 1.29 is 9.90 Å². The average Bonchev–Trinajstić information content (AvgIpc) is 2.18. The normalized spacial score (nSPS) is 11.5. The number of carbonyl (C=O) groups excluding carboxylic acids is 1. The molecule has 1 amide bonds. The van der Waals surface area contributed by atoms with E-state index in [0.29, 0.717) is 12.0 Å². The van der Waals surface area contributed by atoms with Gasteiger partial charge in [-0.2, -0.15) is 0 Å². The van der Waals surface area contributed by atoms with Gasteiger partial charge in [0, 0.05) is 18.0 Å². The third-order valence-electron chi connectivity index (χ3n) is 1.93. The summed E-state index contributed by atoms with van der Waals surface area (Å²) in [4.78, 5) is 11.6. The maximum atomic E-state index is 11.6. The number of phenols is 1. The van der Waals surface area contributed by atoms with Crippen molar-refractivity contribution in [3.8, 4) is 18.1 Å². The second kappa shape index (κ2) is 5.06. The molecule has 1 unspecified atom stereocenters. The first-order valence-corrected chi connectivity index (χ1v) is 4.67. The number of terminal acetylenes is 1. The molecule has 1 atom stereocenters. The molecule has 0 fully saturated rings. The standard InChI is InChI=1S/C12H13NO2/c1-3-4-9(2)13-12(15)10-5-7-11(14)8-6-10/h1,5-9,14H,4H2,2H3,(H,13,15).